The van der Waals surface area contributed by atoms with Crippen LogP contribution in [-0.4, -0.2) is 20.7 Å². The highest BCUT2D eigenvalue weighted by atomic mass is 32.1. The minimum absolute atomic E-state index is 0.00302. The summed E-state index contributed by atoms with van der Waals surface area (Å²) in [6.07, 6.45) is 0.359. The molecule has 0 spiro atoms. The number of aromatic nitrogens is 3. The van der Waals surface area contributed by atoms with Crippen molar-refractivity contribution in [2.24, 2.45) is 0 Å². The lowest BCUT2D eigenvalue weighted by Crippen LogP contribution is -2.24. The average Bonchev–Trinajstić information content (AvgIpc) is 3.20. The lowest BCUT2D eigenvalue weighted by Gasteiger charge is -2.08. The van der Waals surface area contributed by atoms with E-state index in [0.717, 1.165) is 16.3 Å². The first-order valence-corrected chi connectivity index (χ1v) is 8.93. The van der Waals surface area contributed by atoms with E-state index in [1.807, 2.05) is 47.2 Å². The van der Waals surface area contributed by atoms with Crippen LogP contribution in [0.25, 0.3) is 10.7 Å². The van der Waals surface area contributed by atoms with Crippen molar-refractivity contribution in [3.05, 3.63) is 57.7 Å². The molecule has 0 aliphatic rings. The van der Waals surface area contributed by atoms with Crippen molar-refractivity contribution in [3.8, 4) is 10.7 Å². The van der Waals surface area contributed by atoms with Crippen LogP contribution < -0.4 is 5.32 Å². The number of H-pyrrole nitrogens is 1. The van der Waals surface area contributed by atoms with Crippen LogP contribution in [0.15, 0.2) is 41.8 Å². The molecule has 5 nitrogen and oxygen atoms in total. The van der Waals surface area contributed by atoms with Gasteiger partial charge in [-0.25, -0.2) is 0 Å². The molecule has 2 aromatic heterocycles. The maximum Gasteiger partial charge on any atom is 0.222 e. The number of benzene rings is 1. The molecule has 0 saturated carbocycles. The molecule has 24 heavy (non-hydrogen) atoms. The van der Waals surface area contributed by atoms with Crippen LogP contribution in [0, 0.1) is 11.7 Å². The molecule has 0 unspecified atom stereocenters. The number of hydrogen-bond donors (Lipinski definition) is 2. The van der Waals surface area contributed by atoms with Crippen LogP contribution in [-0.2, 0) is 17.9 Å². The first-order valence-electron chi connectivity index (χ1n) is 7.65. The second-order valence-corrected chi connectivity index (χ2v) is 6.83. The molecule has 7 heteroatoms. The predicted molar refractivity (Wildman–Crippen MR) is 98.4 cm³/mol. The maximum atomic E-state index is 12.1. The second-order valence-electron chi connectivity index (χ2n) is 5.50. The van der Waals surface area contributed by atoms with Crippen molar-refractivity contribution >= 4 is 29.5 Å². The van der Waals surface area contributed by atoms with Crippen molar-refractivity contribution in [2.45, 2.75) is 26.4 Å². The fraction of sp³-hybridized carbons (Fsp3) is 0.235. The third-order valence-corrected chi connectivity index (χ3v) is 4.81. The van der Waals surface area contributed by atoms with Crippen molar-refractivity contribution in [1.82, 2.24) is 20.1 Å². The van der Waals surface area contributed by atoms with Gasteiger partial charge in [0.15, 0.2) is 10.6 Å². The van der Waals surface area contributed by atoms with Gasteiger partial charge in [0, 0.05) is 19.5 Å². The summed E-state index contributed by atoms with van der Waals surface area (Å²) in [6, 6.07) is 12.1. The van der Waals surface area contributed by atoms with Gasteiger partial charge in [-0.15, -0.1) is 11.3 Å². The van der Waals surface area contributed by atoms with Crippen LogP contribution in [0.3, 0.4) is 0 Å². The molecule has 0 aliphatic heterocycles. The van der Waals surface area contributed by atoms with E-state index in [9.17, 15) is 4.79 Å². The summed E-state index contributed by atoms with van der Waals surface area (Å²) in [4.78, 5) is 13.1. The van der Waals surface area contributed by atoms with Gasteiger partial charge >= 0.3 is 0 Å². The molecular formula is C17H18N4OS2. The van der Waals surface area contributed by atoms with E-state index in [-0.39, 0.29) is 5.91 Å². The summed E-state index contributed by atoms with van der Waals surface area (Å²) in [5, 5.41) is 12.0. The quantitative estimate of drug-likeness (QED) is 0.661. The number of thiophene rings is 1. The Morgan fingerprint density at radius 1 is 1.38 bits per heavy atom. The number of nitrogens with one attached hydrogen (secondary N) is 2. The number of nitrogens with zero attached hydrogens (tertiary/aromatic N) is 2. The first kappa shape index (κ1) is 16.6. The van der Waals surface area contributed by atoms with E-state index in [2.05, 4.69) is 21.6 Å². The largest absolute Gasteiger partial charge is 0.352 e. The second kappa shape index (κ2) is 7.55. The van der Waals surface area contributed by atoms with Crippen molar-refractivity contribution in [1.29, 1.82) is 0 Å². The van der Waals surface area contributed by atoms with E-state index < -0.39 is 0 Å². The molecular weight excluding hydrogens is 340 g/mol. The summed E-state index contributed by atoms with van der Waals surface area (Å²) in [7, 11) is 0. The van der Waals surface area contributed by atoms with Gasteiger partial charge in [0.05, 0.1) is 4.88 Å². The molecule has 1 amide bonds. The smallest absolute Gasteiger partial charge is 0.222 e. The third kappa shape index (κ3) is 3.98. The summed E-state index contributed by atoms with van der Waals surface area (Å²) in [5.41, 5.74) is 2.29. The molecule has 0 radical (unpaired) electrons. The number of rotatable bonds is 6. The standard InChI is InChI=1S/C17H18N4OS2/c1-12-4-2-5-13(10-12)11-18-15(22)7-8-21-16(19-20-17(21)23)14-6-3-9-24-14/h2-6,9-10H,7-8,11H2,1H3,(H,18,22)(H,20,23). The molecule has 0 bridgehead atoms. The lowest BCUT2D eigenvalue weighted by atomic mass is 10.1. The molecule has 3 rings (SSSR count). The van der Waals surface area contributed by atoms with Crippen molar-refractivity contribution < 1.29 is 4.79 Å². The number of aromatic amines is 1. The first-order chi connectivity index (χ1) is 11.6. The van der Waals surface area contributed by atoms with Gasteiger partial charge in [-0.3, -0.25) is 14.5 Å². The van der Waals surface area contributed by atoms with Crippen molar-refractivity contribution in [3.63, 3.8) is 0 Å². The Labute approximate surface area is 149 Å². The van der Waals surface area contributed by atoms with Gasteiger partial charge in [-0.1, -0.05) is 35.9 Å². The molecule has 0 atom stereocenters. The Hall–Kier alpha value is -2.25. The van der Waals surface area contributed by atoms with Gasteiger partial charge < -0.3 is 5.32 Å². The fourth-order valence-corrected chi connectivity index (χ4v) is 3.39. The van der Waals surface area contributed by atoms with Crippen LogP contribution in [0.5, 0.6) is 0 Å². The van der Waals surface area contributed by atoms with Crippen LogP contribution in [0.2, 0.25) is 0 Å². The van der Waals surface area contributed by atoms with Gasteiger partial charge in [-0.2, -0.15) is 5.10 Å². The minimum atomic E-state index is -0.00302. The zero-order chi connectivity index (χ0) is 16.9. The number of hydrogen-bond acceptors (Lipinski definition) is 4. The average molecular weight is 358 g/mol. The summed E-state index contributed by atoms with van der Waals surface area (Å²) >= 11 is 6.87. The SMILES string of the molecule is Cc1cccc(CNC(=O)CCn2c(-c3cccs3)n[nH]c2=S)c1. The van der Waals surface area contributed by atoms with Gasteiger partial charge in [0.25, 0.3) is 0 Å². The third-order valence-electron chi connectivity index (χ3n) is 3.63. The van der Waals surface area contributed by atoms with E-state index in [1.54, 1.807) is 11.3 Å². The highest BCUT2D eigenvalue weighted by molar-refractivity contribution is 7.71. The lowest BCUT2D eigenvalue weighted by molar-refractivity contribution is -0.121. The van der Waals surface area contributed by atoms with E-state index in [0.29, 0.717) is 24.3 Å². The number of amides is 1. The van der Waals surface area contributed by atoms with E-state index in [4.69, 9.17) is 12.2 Å². The molecule has 0 fully saturated rings. The van der Waals surface area contributed by atoms with Crippen LogP contribution in [0.4, 0.5) is 0 Å². The van der Waals surface area contributed by atoms with Crippen LogP contribution >= 0.6 is 23.6 Å². The Morgan fingerprint density at radius 2 is 2.25 bits per heavy atom. The zero-order valence-corrected chi connectivity index (χ0v) is 14.9. The van der Waals surface area contributed by atoms with Gasteiger partial charge in [0.2, 0.25) is 5.91 Å². The molecule has 0 saturated heterocycles. The Kier molecular flexibility index (Phi) is 5.22. The predicted octanol–water partition coefficient (Wildman–Crippen LogP) is 3.68. The number of carbonyl (C=O) groups excluding carboxylic acids is 1. The zero-order valence-electron chi connectivity index (χ0n) is 13.3. The summed E-state index contributed by atoms with van der Waals surface area (Å²) in [5.74, 6) is 0.776. The topological polar surface area (TPSA) is 62.7 Å². The molecule has 2 N–H and O–H groups in total. The Balaban J connectivity index is 1.59. The van der Waals surface area contributed by atoms with Gasteiger partial charge in [-0.05, 0) is 36.2 Å². The monoisotopic (exact) mass is 358 g/mol. The van der Waals surface area contributed by atoms with E-state index in [1.165, 1.54) is 5.56 Å². The number of carbonyl (C=O) groups is 1. The summed E-state index contributed by atoms with van der Waals surface area (Å²) < 4.78 is 2.40. The Bertz CT molecular complexity index is 880. The van der Waals surface area contributed by atoms with E-state index >= 15 is 0 Å². The molecule has 0 aliphatic carbocycles. The Morgan fingerprint density at radius 3 is 3.00 bits per heavy atom. The van der Waals surface area contributed by atoms with Crippen molar-refractivity contribution in [2.75, 3.05) is 0 Å². The van der Waals surface area contributed by atoms with Crippen LogP contribution in [0.1, 0.15) is 17.5 Å². The molecule has 124 valence electrons. The number of aryl methyl sites for hydroxylation is 1. The highest BCUT2D eigenvalue weighted by Crippen LogP contribution is 2.22. The highest BCUT2D eigenvalue weighted by Gasteiger charge is 2.11. The van der Waals surface area contributed by atoms with Gasteiger partial charge in [0.1, 0.15) is 0 Å². The fourth-order valence-electron chi connectivity index (χ4n) is 2.44. The molecule has 3 aromatic rings. The normalized spacial score (nSPS) is 10.7. The minimum Gasteiger partial charge on any atom is -0.352 e. The summed E-state index contributed by atoms with van der Waals surface area (Å²) in [6.45, 7) is 3.08. The molecule has 1 aromatic carbocycles. The maximum absolute atomic E-state index is 12.1. The molecule has 2 heterocycles.